The van der Waals surface area contributed by atoms with E-state index in [0.29, 0.717) is 11.7 Å². The van der Waals surface area contributed by atoms with Gasteiger partial charge in [-0.25, -0.2) is 4.68 Å². The summed E-state index contributed by atoms with van der Waals surface area (Å²) in [4.78, 5) is 12.5. The van der Waals surface area contributed by atoms with Gasteiger partial charge in [-0.2, -0.15) is 0 Å². The lowest BCUT2D eigenvalue weighted by Crippen LogP contribution is -2.29. The van der Waals surface area contributed by atoms with Crippen LogP contribution in [0.5, 0.6) is 0 Å². The molecule has 2 aromatic rings. The molecule has 0 unspecified atom stereocenters. The van der Waals surface area contributed by atoms with Gasteiger partial charge in [-0.05, 0) is 57.8 Å². The van der Waals surface area contributed by atoms with Crippen LogP contribution in [0.2, 0.25) is 0 Å². The van der Waals surface area contributed by atoms with E-state index in [1.54, 1.807) is 6.20 Å². The van der Waals surface area contributed by atoms with Gasteiger partial charge in [-0.3, -0.25) is 4.79 Å². The smallest absolute Gasteiger partial charge is 0.277 e. The monoisotopic (exact) mass is 313 g/mol. The maximum absolute atomic E-state index is 12.5. The lowest BCUT2D eigenvalue weighted by Gasteiger charge is -2.22. The van der Waals surface area contributed by atoms with Crippen LogP contribution in [0.3, 0.4) is 0 Å². The van der Waals surface area contributed by atoms with Crippen molar-refractivity contribution >= 4 is 11.6 Å². The van der Waals surface area contributed by atoms with E-state index in [1.807, 2.05) is 18.5 Å². The highest BCUT2D eigenvalue weighted by Crippen LogP contribution is 2.23. The molecule has 1 saturated heterocycles. The number of carbonyl (C=O) groups is 1. The van der Waals surface area contributed by atoms with Gasteiger partial charge >= 0.3 is 0 Å². The zero-order valence-electron chi connectivity index (χ0n) is 13.9. The number of rotatable bonds is 3. The van der Waals surface area contributed by atoms with Gasteiger partial charge in [0.15, 0.2) is 5.69 Å². The quantitative estimate of drug-likeness (QED) is 0.912. The van der Waals surface area contributed by atoms with Crippen LogP contribution in [-0.4, -0.2) is 34.0 Å². The Bertz CT molecular complexity index is 693. The molecule has 6 heteroatoms. The Kier molecular flexibility index (Phi) is 4.43. The standard InChI is InChI=1S/C17H23N5O/c1-11-8-12(2)16(13(3)9-11)19-17(23)15-10-22(21-20-15)14-4-6-18-7-5-14/h8-10,14,18H,4-7H2,1-3H3,(H,19,23). The lowest BCUT2D eigenvalue weighted by atomic mass is 10.1. The van der Waals surface area contributed by atoms with E-state index in [1.165, 1.54) is 5.56 Å². The van der Waals surface area contributed by atoms with Crippen molar-refractivity contribution in [3.8, 4) is 0 Å². The fourth-order valence-corrected chi connectivity index (χ4v) is 3.19. The number of aromatic nitrogens is 3. The molecule has 1 amide bonds. The van der Waals surface area contributed by atoms with Crippen LogP contribution in [-0.2, 0) is 0 Å². The van der Waals surface area contributed by atoms with Crippen LogP contribution in [0.1, 0.15) is 46.1 Å². The first-order chi connectivity index (χ1) is 11.0. The van der Waals surface area contributed by atoms with Crippen molar-refractivity contribution in [2.75, 3.05) is 18.4 Å². The van der Waals surface area contributed by atoms with Gasteiger partial charge in [0.25, 0.3) is 5.91 Å². The van der Waals surface area contributed by atoms with E-state index in [-0.39, 0.29) is 5.91 Å². The molecule has 1 fully saturated rings. The van der Waals surface area contributed by atoms with Crippen LogP contribution in [0.15, 0.2) is 18.3 Å². The fourth-order valence-electron chi connectivity index (χ4n) is 3.19. The van der Waals surface area contributed by atoms with Crippen molar-refractivity contribution in [3.63, 3.8) is 0 Å². The summed E-state index contributed by atoms with van der Waals surface area (Å²) in [7, 11) is 0. The summed E-state index contributed by atoms with van der Waals surface area (Å²) in [5.41, 5.74) is 4.53. The molecule has 1 aliphatic rings. The Labute approximate surface area is 136 Å². The summed E-state index contributed by atoms with van der Waals surface area (Å²) in [5.74, 6) is -0.208. The minimum atomic E-state index is -0.208. The van der Waals surface area contributed by atoms with E-state index in [0.717, 1.165) is 42.7 Å². The molecule has 0 aliphatic carbocycles. The van der Waals surface area contributed by atoms with Crippen molar-refractivity contribution in [1.82, 2.24) is 20.3 Å². The van der Waals surface area contributed by atoms with Crippen LogP contribution >= 0.6 is 0 Å². The molecular weight excluding hydrogens is 290 g/mol. The number of benzene rings is 1. The highest BCUT2D eigenvalue weighted by molar-refractivity contribution is 6.03. The summed E-state index contributed by atoms with van der Waals surface area (Å²) in [6.07, 6.45) is 3.78. The molecule has 3 rings (SSSR count). The number of hydrogen-bond acceptors (Lipinski definition) is 4. The summed E-state index contributed by atoms with van der Waals surface area (Å²) < 4.78 is 1.82. The number of nitrogens with one attached hydrogen (secondary N) is 2. The number of anilines is 1. The van der Waals surface area contributed by atoms with Gasteiger partial charge in [0.05, 0.1) is 12.2 Å². The number of piperidine rings is 1. The SMILES string of the molecule is Cc1cc(C)c(NC(=O)c2cn(C3CCNCC3)nn2)c(C)c1. The molecule has 2 heterocycles. The zero-order chi connectivity index (χ0) is 16.4. The second kappa shape index (κ2) is 6.50. The van der Waals surface area contributed by atoms with E-state index < -0.39 is 0 Å². The number of hydrogen-bond donors (Lipinski definition) is 2. The Morgan fingerprint density at radius 3 is 2.52 bits per heavy atom. The summed E-state index contributed by atoms with van der Waals surface area (Å²) in [6.45, 7) is 8.01. The Morgan fingerprint density at radius 1 is 1.22 bits per heavy atom. The number of aryl methyl sites for hydroxylation is 3. The largest absolute Gasteiger partial charge is 0.320 e. The van der Waals surface area contributed by atoms with Gasteiger partial charge in [0, 0.05) is 5.69 Å². The van der Waals surface area contributed by atoms with Gasteiger partial charge in [0.2, 0.25) is 0 Å². The predicted molar refractivity (Wildman–Crippen MR) is 89.8 cm³/mol. The Balaban J connectivity index is 1.75. The number of carbonyl (C=O) groups excluding carboxylic acids is 1. The molecule has 0 radical (unpaired) electrons. The van der Waals surface area contributed by atoms with Crippen molar-refractivity contribution in [3.05, 3.63) is 40.7 Å². The normalized spacial score (nSPS) is 15.6. The fraction of sp³-hybridized carbons (Fsp3) is 0.471. The third kappa shape index (κ3) is 3.42. The molecule has 0 bridgehead atoms. The third-order valence-electron chi connectivity index (χ3n) is 4.34. The Morgan fingerprint density at radius 2 is 1.87 bits per heavy atom. The maximum Gasteiger partial charge on any atom is 0.277 e. The van der Waals surface area contributed by atoms with Crippen molar-refractivity contribution in [2.24, 2.45) is 0 Å². The molecule has 2 N–H and O–H groups in total. The summed E-state index contributed by atoms with van der Waals surface area (Å²) in [6, 6.07) is 4.45. The number of nitrogens with zero attached hydrogens (tertiary/aromatic N) is 3. The molecule has 122 valence electrons. The van der Waals surface area contributed by atoms with E-state index in [2.05, 4.69) is 40.0 Å². The topological polar surface area (TPSA) is 71.8 Å². The minimum Gasteiger partial charge on any atom is -0.320 e. The van der Waals surface area contributed by atoms with Gasteiger partial charge in [-0.15, -0.1) is 5.10 Å². The van der Waals surface area contributed by atoms with Crippen molar-refractivity contribution in [2.45, 2.75) is 39.7 Å². The average Bonchev–Trinajstić information content (AvgIpc) is 3.01. The minimum absolute atomic E-state index is 0.208. The molecule has 23 heavy (non-hydrogen) atoms. The highest BCUT2D eigenvalue weighted by atomic mass is 16.2. The van der Waals surface area contributed by atoms with E-state index in [4.69, 9.17) is 0 Å². The first kappa shape index (κ1) is 15.7. The van der Waals surface area contributed by atoms with E-state index >= 15 is 0 Å². The summed E-state index contributed by atoms with van der Waals surface area (Å²) in [5, 5.41) is 14.5. The predicted octanol–water partition coefficient (Wildman–Crippen LogP) is 2.38. The molecule has 0 atom stereocenters. The summed E-state index contributed by atoms with van der Waals surface area (Å²) >= 11 is 0. The average molecular weight is 313 g/mol. The highest BCUT2D eigenvalue weighted by Gasteiger charge is 2.19. The third-order valence-corrected chi connectivity index (χ3v) is 4.34. The molecule has 0 saturated carbocycles. The Hall–Kier alpha value is -2.21. The lowest BCUT2D eigenvalue weighted by molar-refractivity contribution is 0.102. The van der Waals surface area contributed by atoms with Crippen LogP contribution in [0, 0.1) is 20.8 Å². The van der Waals surface area contributed by atoms with Crippen molar-refractivity contribution in [1.29, 1.82) is 0 Å². The molecular formula is C17H23N5O. The first-order valence-corrected chi connectivity index (χ1v) is 8.06. The zero-order valence-corrected chi connectivity index (χ0v) is 13.9. The van der Waals surface area contributed by atoms with Crippen molar-refractivity contribution < 1.29 is 4.79 Å². The van der Waals surface area contributed by atoms with Crippen LogP contribution in [0.4, 0.5) is 5.69 Å². The maximum atomic E-state index is 12.5. The molecule has 1 aromatic carbocycles. The van der Waals surface area contributed by atoms with Gasteiger partial charge < -0.3 is 10.6 Å². The molecule has 1 aliphatic heterocycles. The van der Waals surface area contributed by atoms with Gasteiger partial charge in [0.1, 0.15) is 0 Å². The first-order valence-electron chi connectivity index (χ1n) is 8.06. The molecule has 0 spiro atoms. The van der Waals surface area contributed by atoms with Crippen LogP contribution in [0.25, 0.3) is 0 Å². The molecule has 1 aromatic heterocycles. The second-order valence-electron chi connectivity index (χ2n) is 6.29. The van der Waals surface area contributed by atoms with Gasteiger partial charge in [-0.1, -0.05) is 22.9 Å². The second-order valence-corrected chi connectivity index (χ2v) is 6.29. The van der Waals surface area contributed by atoms with Crippen LogP contribution < -0.4 is 10.6 Å². The van der Waals surface area contributed by atoms with E-state index in [9.17, 15) is 4.79 Å². The number of amides is 1. The molecule has 6 nitrogen and oxygen atoms in total.